The van der Waals surface area contributed by atoms with Crippen molar-refractivity contribution in [3.05, 3.63) is 359 Å². The van der Waals surface area contributed by atoms with E-state index in [1.165, 1.54) is 339 Å². The molecule has 0 unspecified atom stereocenters. The molecule has 0 bridgehead atoms. The van der Waals surface area contributed by atoms with Crippen molar-refractivity contribution in [1.82, 2.24) is 0 Å². The van der Waals surface area contributed by atoms with Crippen LogP contribution < -0.4 is 0 Å². The average Bonchev–Trinajstić information content (AvgIpc) is 1.52. The predicted molar refractivity (Wildman–Crippen MR) is 538 cm³/mol. The van der Waals surface area contributed by atoms with Crippen molar-refractivity contribution in [2.45, 2.75) is 265 Å². The van der Waals surface area contributed by atoms with Crippen molar-refractivity contribution < 1.29 is 13.3 Å². The molecule has 3 heterocycles. The van der Waals surface area contributed by atoms with Gasteiger partial charge in [0.05, 0.1) is 35.0 Å². The monoisotopic (exact) mass is 1650 g/mol. The molecule has 3 aromatic heterocycles. The highest BCUT2D eigenvalue weighted by molar-refractivity contribution is 6.08. The van der Waals surface area contributed by atoms with Crippen LogP contribution in [0.25, 0.3) is 118 Å². The fourth-order valence-corrected chi connectivity index (χ4v) is 25.8. The van der Waals surface area contributed by atoms with Crippen LogP contribution in [0.5, 0.6) is 0 Å². The van der Waals surface area contributed by atoms with Gasteiger partial charge in [0, 0.05) is 21.7 Å². The van der Waals surface area contributed by atoms with E-state index in [0.29, 0.717) is 0 Å². The highest BCUT2D eigenvalue weighted by Crippen LogP contribution is 2.68. The SMILES string of the molecule is Cc1c(C)c(C)c2c(c1C)-c1c(C)c(C)c(C)c(C)c1C1(C=Cc3cc4ccoc4cc31)c1c(C)c(C)c(C)c(C)c1-2.Cc1c(C)c(C)c2c(c1C)-c1c(C)c(C)c(C)c(C)c1C1(C=Cc3ccc4ccoc4c31)c1c(C)c(C)c(C)c(C)c1-2.Cc1c(C)c(C)c2c(c1C)-c1c(C)c(C)c(C)c(C)c1C1(C=Cc3ccc4occc4c31)c1c(C)c(C)c(C)c(C)c1-2. The van der Waals surface area contributed by atoms with Crippen LogP contribution >= 0.6 is 0 Å². The Kier molecular flexibility index (Phi) is 18.8. The lowest BCUT2D eigenvalue weighted by Crippen LogP contribution is -2.30. The number of fused-ring (bicyclic) bond motifs is 32. The molecule has 3 spiro atoms. The number of benzene rings is 12. The maximum absolute atomic E-state index is 6.43. The van der Waals surface area contributed by atoms with Crippen LogP contribution in [-0.2, 0) is 16.2 Å². The molecule has 3 nitrogen and oxygen atoms in total. The van der Waals surface area contributed by atoms with Crippen LogP contribution in [0.3, 0.4) is 0 Å². The van der Waals surface area contributed by atoms with E-state index in [-0.39, 0.29) is 0 Å². The zero-order valence-electron chi connectivity index (χ0n) is 82.1. The Morgan fingerprint density at radius 1 is 0.175 bits per heavy atom. The smallest absolute Gasteiger partial charge is 0.139 e. The van der Waals surface area contributed by atoms with Crippen molar-refractivity contribution in [3.63, 3.8) is 0 Å². The Morgan fingerprint density at radius 2 is 0.421 bits per heavy atom. The minimum absolute atomic E-state index is 0.443. The maximum atomic E-state index is 6.43. The van der Waals surface area contributed by atoms with Crippen LogP contribution in [0, 0.1) is 249 Å². The Hall–Kier alpha value is -11.5. The van der Waals surface area contributed by atoms with Gasteiger partial charge >= 0.3 is 0 Å². The summed E-state index contributed by atoms with van der Waals surface area (Å²) in [6.45, 7) is 84.4. The summed E-state index contributed by atoms with van der Waals surface area (Å²) in [5, 5.41) is 3.54. The number of rotatable bonds is 0. The molecule has 636 valence electrons. The molecule has 6 aliphatic rings. The van der Waals surface area contributed by atoms with E-state index in [1.807, 2.05) is 18.8 Å². The van der Waals surface area contributed by atoms with Gasteiger partial charge in [0.2, 0.25) is 0 Å². The minimum atomic E-state index is -0.488. The molecule has 0 fully saturated rings. The normalized spacial score (nSPS) is 14.3. The zero-order chi connectivity index (χ0) is 90.5. The third-order valence-electron chi connectivity index (χ3n) is 35.8. The van der Waals surface area contributed by atoms with Crippen molar-refractivity contribution in [2.24, 2.45) is 0 Å². The van der Waals surface area contributed by atoms with Gasteiger partial charge in [-0.2, -0.15) is 0 Å². The van der Waals surface area contributed by atoms with Gasteiger partial charge in [-0.1, -0.05) is 54.7 Å². The molecular weight excluding hydrogens is 1530 g/mol. The molecule has 0 radical (unpaired) electrons. The number of allylic oxidation sites excluding steroid dienone is 3. The molecule has 0 saturated carbocycles. The van der Waals surface area contributed by atoms with Crippen LogP contribution in [0.15, 0.2) is 105 Å². The molecule has 0 atom stereocenters. The van der Waals surface area contributed by atoms with E-state index < -0.39 is 16.2 Å². The van der Waals surface area contributed by atoms with Gasteiger partial charge in [-0.25, -0.2) is 0 Å². The van der Waals surface area contributed by atoms with E-state index in [4.69, 9.17) is 13.3 Å². The topological polar surface area (TPSA) is 39.4 Å². The van der Waals surface area contributed by atoms with Gasteiger partial charge < -0.3 is 13.3 Å². The van der Waals surface area contributed by atoms with Crippen molar-refractivity contribution in [3.8, 4) is 66.8 Å². The van der Waals surface area contributed by atoms with Gasteiger partial charge in [0.15, 0.2) is 0 Å². The second-order valence-electron chi connectivity index (χ2n) is 39.8. The summed E-state index contributed by atoms with van der Waals surface area (Å²) in [5.41, 5.74) is 85.5. The lowest BCUT2D eigenvalue weighted by molar-refractivity contribution is 0.604. The quantitative estimate of drug-likeness (QED) is 0.152. The first-order valence-electron chi connectivity index (χ1n) is 46.1. The minimum Gasteiger partial charge on any atom is -0.464 e. The summed E-state index contributed by atoms with van der Waals surface area (Å²) in [5.74, 6) is 0. The van der Waals surface area contributed by atoms with E-state index >= 15 is 0 Å². The number of furan rings is 3. The Balaban J connectivity index is 0.000000123. The summed E-state index contributed by atoms with van der Waals surface area (Å²) < 4.78 is 18.6. The van der Waals surface area contributed by atoms with Crippen LogP contribution in [0.1, 0.15) is 267 Å². The first kappa shape index (κ1) is 84.0. The predicted octanol–water partition coefficient (Wildman–Crippen LogP) is 33.4. The molecule has 3 heteroatoms. The van der Waals surface area contributed by atoms with Gasteiger partial charge in [-0.05, 0) is 614 Å². The molecule has 0 saturated heterocycles. The average molecular weight is 1650 g/mol. The molecular formula is C123H126O3. The molecule has 0 N–H and O–H groups in total. The van der Waals surface area contributed by atoms with Crippen molar-refractivity contribution in [1.29, 1.82) is 0 Å². The number of hydrogen-bond donors (Lipinski definition) is 0. The van der Waals surface area contributed by atoms with Gasteiger partial charge in [0.25, 0.3) is 0 Å². The summed E-state index contributed by atoms with van der Waals surface area (Å²) in [6, 6.07) is 20.0. The summed E-state index contributed by atoms with van der Waals surface area (Å²) >= 11 is 0. The molecule has 126 heavy (non-hydrogen) atoms. The lowest BCUT2D eigenvalue weighted by Gasteiger charge is -2.38. The highest BCUT2D eigenvalue weighted by Gasteiger charge is 2.54. The Labute approximate surface area is 750 Å². The van der Waals surface area contributed by atoms with Crippen LogP contribution in [0.2, 0.25) is 0 Å². The summed E-state index contributed by atoms with van der Waals surface area (Å²) in [4.78, 5) is 0. The van der Waals surface area contributed by atoms with Crippen molar-refractivity contribution in [2.75, 3.05) is 0 Å². The Bertz CT molecular complexity index is 7100. The molecule has 15 aromatic rings. The molecule has 0 amide bonds. The summed E-state index contributed by atoms with van der Waals surface area (Å²) in [7, 11) is 0. The standard InChI is InChI=1S/3C41H42O/c1-19-20(2)26(8)36-35(25(19)7)37-27(9)21(3)23(5)29(11)39(37)41(40-30(12)24(6)22(4)28(10)38(36)40)15-13-31-17-32-14-16-42-34(32)18-33(31)41;1-19-20(2)26(8)35-34(25(19)7)36-27(9)21(3)23(5)29(11)38(36)41(39-30(12)24(6)22(4)28(10)37(35)39)17-15-31-13-14-33-32(40(31)41)16-18-42-33;1-19-20(2)26(8)34-33(25(19)7)35-27(9)21(3)23(5)29(11)37(35)41(38-30(12)24(6)22(4)28(10)36(34)38)17-15-31-13-14-32-16-18-42-40(32)39(31)41/h3*13-18H,1-12H3. The summed E-state index contributed by atoms with van der Waals surface area (Å²) in [6.07, 6.45) is 20.3. The van der Waals surface area contributed by atoms with Gasteiger partial charge in [-0.15, -0.1) is 0 Å². The second kappa shape index (κ2) is 28.2. The fraction of sp³-hybridized carbons (Fsp3) is 0.317. The molecule has 12 aromatic carbocycles. The van der Waals surface area contributed by atoms with Gasteiger partial charge in [0.1, 0.15) is 16.7 Å². The van der Waals surface area contributed by atoms with E-state index in [1.54, 1.807) is 0 Å². The van der Waals surface area contributed by atoms with E-state index in [2.05, 4.69) is 340 Å². The first-order valence-corrected chi connectivity index (χ1v) is 46.1. The van der Waals surface area contributed by atoms with Crippen molar-refractivity contribution >= 4 is 51.1 Å². The zero-order valence-corrected chi connectivity index (χ0v) is 82.1. The molecule has 21 rings (SSSR count). The number of hydrogen-bond acceptors (Lipinski definition) is 3. The molecule has 0 aliphatic heterocycles. The lowest BCUT2D eigenvalue weighted by atomic mass is 9.63. The fourth-order valence-electron chi connectivity index (χ4n) is 25.8. The maximum Gasteiger partial charge on any atom is 0.139 e. The van der Waals surface area contributed by atoms with E-state index in [9.17, 15) is 0 Å². The van der Waals surface area contributed by atoms with Gasteiger partial charge in [-0.3, -0.25) is 0 Å². The Morgan fingerprint density at radius 3 is 0.762 bits per heavy atom. The third-order valence-corrected chi connectivity index (χ3v) is 35.8. The van der Waals surface area contributed by atoms with Crippen LogP contribution in [-0.4, -0.2) is 0 Å². The highest BCUT2D eigenvalue weighted by atomic mass is 16.3. The largest absolute Gasteiger partial charge is 0.464 e. The third kappa shape index (κ3) is 10.3. The van der Waals surface area contributed by atoms with Crippen LogP contribution in [0.4, 0.5) is 0 Å². The first-order chi connectivity index (χ1) is 59.6. The second-order valence-corrected chi connectivity index (χ2v) is 39.8. The molecule has 6 aliphatic carbocycles. The van der Waals surface area contributed by atoms with E-state index in [0.717, 1.165) is 27.5 Å².